The van der Waals surface area contributed by atoms with E-state index in [9.17, 15) is 0 Å². The van der Waals surface area contributed by atoms with Crippen molar-refractivity contribution in [2.75, 3.05) is 5.32 Å². The first kappa shape index (κ1) is 11.2. The number of hydrogen-bond donors (Lipinski definition) is 1. The Hall–Kier alpha value is -0.910. The molecule has 2 aromatic heterocycles. The van der Waals surface area contributed by atoms with Gasteiger partial charge < -0.3 is 5.32 Å². The lowest BCUT2D eigenvalue weighted by Gasteiger charge is -2.04. The Bertz CT molecular complexity index is 645. The molecule has 0 aliphatic heterocycles. The van der Waals surface area contributed by atoms with Gasteiger partial charge in [-0.1, -0.05) is 0 Å². The van der Waals surface area contributed by atoms with Gasteiger partial charge in [0.05, 0.1) is 19.5 Å². The van der Waals surface area contributed by atoms with Crippen molar-refractivity contribution in [2.24, 2.45) is 0 Å². The van der Waals surface area contributed by atoms with Gasteiger partial charge in [-0.05, 0) is 51.1 Å². The van der Waals surface area contributed by atoms with E-state index in [-0.39, 0.29) is 0 Å². The van der Waals surface area contributed by atoms with Crippen LogP contribution >= 0.6 is 38.6 Å². The maximum atomic E-state index is 4.27. The molecule has 5 heteroatoms. The van der Waals surface area contributed by atoms with Crippen LogP contribution in [0.15, 0.2) is 38.9 Å². The molecule has 17 heavy (non-hydrogen) atoms. The maximum absolute atomic E-state index is 4.27. The molecular weight excluding hydrogens is 316 g/mol. The summed E-state index contributed by atoms with van der Waals surface area (Å²) in [6, 6.07) is 8.42. The Kier molecular flexibility index (Phi) is 3.13. The normalized spacial score (nSPS) is 10.9. The summed E-state index contributed by atoms with van der Waals surface area (Å²) in [5, 5.41) is 5.58. The van der Waals surface area contributed by atoms with Crippen LogP contribution in [-0.2, 0) is 6.54 Å². The molecule has 1 aromatic carbocycles. The molecule has 0 aliphatic carbocycles. The minimum Gasteiger partial charge on any atom is -0.381 e. The van der Waals surface area contributed by atoms with Crippen LogP contribution in [0, 0.1) is 0 Å². The molecule has 2 nitrogen and oxygen atoms in total. The van der Waals surface area contributed by atoms with Gasteiger partial charge in [-0.15, -0.1) is 22.7 Å². The highest BCUT2D eigenvalue weighted by atomic mass is 79.9. The zero-order valence-electron chi connectivity index (χ0n) is 8.81. The summed E-state index contributed by atoms with van der Waals surface area (Å²) in [7, 11) is 0. The summed E-state index contributed by atoms with van der Waals surface area (Å²) in [6.45, 7) is 0.854. The number of thiophene rings is 1. The van der Waals surface area contributed by atoms with Crippen molar-refractivity contribution >= 4 is 54.5 Å². The molecule has 0 spiro atoms. The molecule has 0 atom stereocenters. The van der Waals surface area contributed by atoms with E-state index in [4.69, 9.17) is 0 Å². The molecule has 0 saturated carbocycles. The van der Waals surface area contributed by atoms with E-state index >= 15 is 0 Å². The first-order valence-electron chi connectivity index (χ1n) is 5.11. The zero-order chi connectivity index (χ0) is 11.7. The highest BCUT2D eigenvalue weighted by Crippen LogP contribution is 2.24. The molecule has 0 saturated heterocycles. The van der Waals surface area contributed by atoms with Crippen molar-refractivity contribution in [3.8, 4) is 0 Å². The lowest BCUT2D eigenvalue weighted by atomic mass is 10.3. The molecule has 1 N–H and O–H groups in total. The predicted octanol–water partition coefficient (Wildman–Crippen LogP) is 4.73. The van der Waals surface area contributed by atoms with Crippen LogP contribution in [0.2, 0.25) is 0 Å². The molecule has 3 aromatic rings. The van der Waals surface area contributed by atoms with Gasteiger partial charge in [0, 0.05) is 12.2 Å². The lowest BCUT2D eigenvalue weighted by Crippen LogP contribution is -1.97. The summed E-state index contributed by atoms with van der Waals surface area (Å²) in [5.41, 5.74) is 5.39. The van der Waals surface area contributed by atoms with E-state index in [1.165, 1.54) is 14.0 Å². The molecule has 0 amide bonds. The van der Waals surface area contributed by atoms with E-state index in [1.54, 1.807) is 22.7 Å². The van der Waals surface area contributed by atoms with Crippen molar-refractivity contribution in [3.63, 3.8) is 0 Å². The first-order valence-corrected chi connectivity index (χ1v) is 7.66. The zero-order valence-corrected chi connectivity index (χ0v) is 12.0. The van der Waals surface area contributed by atoms with Gasteiger partial charge in [-0.25, -0.2) is 4.98 Å². The summed E-state index contributed by atoms with van der Waals surface area (Å²) < 4.78 is 2.40. The van der Waals surface area contributed by atoms with Crippen LogP contribution in [0.1, 0.15) is 5.56 Å². The molecule has 86 valence electrons. The average molecular weight is 325 g/mol. The summed E-state index contributed by atoms with van der Waals surface area (Å²) in [4.78, 5) is 4.27. The third kappa shape index (κ3) is 2.51. The maximum Gasteiger partial charge on any atom is 0.0813 e. The topological polar surface area (TPSA) is 24.9 Å². The molecule has 0 bridgehead atoms. The van der Waals surface area contributed by atoms with Crippen LogP contribution in [0.4, 0.5) is 5.69 Å². The SMILES string of the molecule is Brc1cc(CNc2ccc3ncsc3c2)cs1. The van der Waals surface area contributed by atoms with Crippen LogP contribution in [0.5, 0.6) is 0 Å². The number of nitrogens with one attached hydrogen (secondary N) is 1. The van der Waals surface area contributed by atoms with Crippen molar-refractivity contribution < 1.29 is 0 Å². The number of nitrogens with zero attached hydrogens (tertiary/aromatic N) is 1. The van der Waals surface area contributed by atoms with Crippen LogP contribution in [0.3, 0.4) is 0 Å². The summed E-state index contributed by atoms with van der Waals surface area (Å²) >= 11 is 6.85. The largest absolute Gasteiger partial charge is 0.381 e. The second kappa shape index (κ2) is 4.76. The van der Waals surface area contributed by atoms with E-state index < -0.39 is 0 Å². The van der Waals surface area contributed by atoms with Gasteiger partial charge in [-0.3, -0.25) is 0 Å². The number of thiazole rings is 1. The van der Waals surface area contributed by atoms with Gasteiger partial charge in [0.2, 0.25) is 0 Å². The highest BCUT2D eigenvalue weighted by molar-refractivity contribution is 9.11. The summed E-state index contributed by atoms with van der Waals surface area (Å²) in [5.74, 6) is 0. The predicted molar refractivity (Wildman–Crippen MR) is 79.0 cm³/mol. The fraction of sp³-hybridized carbons (Fsp3) is 0.0833. The van der Waals surface area contributed by atoms with Crippen LogP contribution < -0.4 is 5.32 Å². The number of benzene rings is 1. The second-order valence-electron chi connectivity index (χ2n) is 3.65. The molecule has 0 fully saturated rings. The standard InChI is InChI=1S/C12H9BrN2S2/c13-12-3-8(6-16-12)5-14-9-1-2-10-11(4-9)17-7-15-10/h1-4,6-7,14H,5H2. The Labute approximate surface area is 115 Å². The third-order valence-electron chi connectivity index (χ3n) is 2.45. The van der Waals surface area contributed by atoms with Crippen molar-refractivity contribution in [1.29, 1.82) is 0 Å². The third-order valence-corrected chi connectivity index (χ3v) is 4.79. The Balaban J connectivity index is 1.76. The minimum atomic E-state index is 0.854. The molecule has 0 aliphatic rings. The Morgan fingerprint density at radius 3 is 3.00 bits per heavy atom. The summed E-state index contributed by atoms with van der Waals surface area (Å²) in [6.07, 6.45) is 0. The monoisotopic (exact) mass is 324 g/mol. The molecule has 3 rings (SSSR count). The van der Waals surface area contributed by atoms with Gasteiger partial charge >= 0.3 is 0 Å². The number of rotatable bonds is 3. The van der Waals surface area contributed by atoms with Crippen LogP contribution in [0.25, 0.3) is 10.2 Å². The van der Waals surface area contributed by atoms with E-state index in [1.807, 2.05) is 5.51 Å². The number of hydrogen-bond acceptors (Lipinski definition) is 4. The minimum absolute atomic E-state index is 0.854. The fourth-order valence-electron chi connectivity index (χ4n) is 1.61. The van der Waals surface area contributed by atoms with Crippen LogP contribution in [-0.4, -0.2) is 4.98 Å². The smallest absolute Gasteiger partial charge is 0.0813 e. The molecular formula is C12H9BrN2S2. The van der Waals surface area contributed by atoms with Gasteiger partial charge in [-0.2, -0.15) is 0 Å². The highest BCUT2D eigenvalue weighted by Gasteiger charge is 2.00. The molecule has 0 radical (unpaired) electrons. The van der Waals surface area contributed by atoms with E-state index in [0.717, 1.165) is 17.7 Å². The number of aromatic nitrogens is 1. The van der Waals surface area contributed by atoms with Gasteiger partial charge in [0.1, 0.15) is 0 Å². The molecule has 2 heterocycles. The lowest BCUT2D eigenvalue weighted by molar-refractivity contribution is 1.16. The number of anilines is 1. The van der Waals surface area contributed by atoms with Gasteiger partial charge in [0.15, 0.2) is 0 Å². The first-order chi connectivity index (χ1) is 8.31. The Morgan fingerprint density at radius 2 is 2.18 bits per heavy atom. The Morgan fingerprint density at radius 1 is 1.24 bits per heavy atom. The van der Waals surface area contributed by atoms with Crippen molar-refractivity contribution in [2.45, 2.75) is 6.54 Å². The average Bonchev–Trinajstić information content (AvgIpc) is 2.94. The fourth-order valence-corrected chi connectivity index (χ4v) is 3.53. The van der Waals surface area contributed by atoms with E-state index in [0.29, 0.717) is 0 Å². The quantitative estimate of drug-likeness (QED) is 0.753. The van der Waals surface area contributed by atoms with Crippen molar-refractivity contribution in [1.82, 2.24) is 4.98 Å². The van der Waals surface area contributed by atoms with Crippen molar-refractivity contribution in [3.05, 3.63) is 44.5 Å². The number of halogens is 1. The van der Waals surface area contributed by atoms with Gasteiger partial charge in [0.25, 0.3) is 0 Å². The van der Waals surface area contributed by atoms with E-state index in [2.05, 4.69) is 55.9 Å². The molecule has 0 unspecified atom stereocenters. The second-order valence-corrected chi connectivity index (χ2v) is 6.82. The number of fused-ring (bicyclic) bond motifs is 1.